The van der Waals surface area contributed by atoms with Crippen molar-refractivity contribution in [3.63, 3.8) is 0 Å². The van der Waals surface area contributed by atoms with Crippen LogP contribution in [0.4, 0.5) is 11.4 Å². The first kappa shape index (κ1) is 29.3. The second kappa shape index (κ2) is 12.4. The van der Waals surface area contributed by atoms with E-state index in [9.17, 15) is 28.1 Å². The molecule has 1 N–H and O–H groups in total. The molecule has 0 spiro atoms. The summed E-state index contributed by atoms with van der Waals surface area (Å²) in [5.41, 5.74) is -0.00209. The van der Waals surface area contributed by atoms with E-state index < -0.39 is 39.3 Å². The maximum absolute atomic E-state index is 13.6. The van der Waals surface area contributed by atoms with E-state index in [0.29, 0.717) is 5.56 Å². The normalized spacial score (nSPS) is 12.2. The summed E-state index contributed by atoms with van der Waals surface area (Å²) in [7, 11) is -4.04. The number of anilines is 1. The minimum atomic E-state index is -4.04. The van der Waals surface area contributed by atoms with Crippen LogP contribution in [0.2, 0.25) is 10.0 Å². The number of hydrogen-bond donors (Lipinski definition) is 1. The standard InChI is InChI=1S/C23H28Cl2N4O6S/c1-5-21(23(31)26-15(2)3)27(13-18-19(24)10-7-11-20(18)25)22(30)14-28(36(4,34)35)16-8-6-9-17(12-16)29(32)33/h6-12,15,21H,5,13-14H2,1-4H3,(H,26,31). The Kier molecular flexibility index (Phi) is 10.1. The molecule has 0 aliphatic rings. The van der Waals surface area contributed by atoms with Gasteiger partial charge < -0.3 is 10.2 Å². The summed E-state index contributed by atoms with van der Waals surface area (Å²) in [5, 5.41) is 14.5. The smallest absolute Gasteiger partial charge is 0.271 e. The highest BCUT2D eigenvalue weighted by atomic mass is 35.5. The Labute approximate surface area is 220 Å². The van der Waals surface area contributed by atoms with Crippen LogP contribution < -0.4 is 9.62 Å². The fourth-order valence-electron chi connectivity index (χ4n) is 3.53. The van der Waals surface area contributed by atoms with Gasteiger partial charge >= 0.3 is 0 Å². The average molecular weight is 559 g/mol. The van der Waals surface area contributed by atoms with Crippen molar-refractivity contribution >= 4 is 56.4 Å². The lowest BCUT2D eigenvalue weighted by Gasteiger charge is -2.33. The Bertz CT molecular complexity index is 1220. The van der Waals surface area contributed by atoms with E-state index in [1.165, 1.54) is 23.1 Å². The van der Waals surface area contributed by atoms with Crippen LogP contribution >= 0.6 is 23.2 Å². The number of nitrogens with zero attached hydrogens (tertiary/aromatic N) is 3. The summed E-state index contributed by atoms with van der Waals surface area (Å²) >= 11 is 12.6. The van der Waals surface area contributed by atoms with Crippen molar-refractivity contribution in [2.75, 3.05) is 17.1 Å². The molecule has 0 bridgehead atoms. The molecule has 0 aliphatic carbocycles. The molecule has 2 rings (SSSR count). The Balaban J connectivity index is 2.54. The topological polar surface area (TPSA) is 130 Å². The Morgan fingerprint density at radius 2 is 1.69 bits per heavy atom. The van der Waals surface area contributed by atoms with Crippen LogP contribution in [0.3, 0.4) is 0 Å². The number of hydrogen-bond acceptors (Lipinski definition) is 6. The molecule has 2 aromatic carbocycles. The van der Waals surface area contributed by atoms with Gasteiger partial charge in [0.25, 0.3) is 5.69 Å². The fourth-order valence-corrected chi connectivity index (χ4v) is 4.89. The van der Waals surface area contributed by atoms with Gasteiger partial charge in [-0.25, -0.2) is 8.42 Å². The molecule has 10 nitrogen and oxygen atoms in total. The highest BCUT2D eigenvalue weighted by molar-refractivity contribution is 7.92. The van der Waals surface area contributed by atoms with Crippen molar-refractivity contribution in [2.45, 2.75) is 45.8 Å². The number of rotatable bonds is 11. The van der Waals surface area contributed by atoms with Crippen LogP contribution in [0.25, 0.3) is 0 Å². The van der Waals surface area contributed by atoms with Gasteiger partial charge in [-0.3, -0.25) is 24.0 Å². The number of nitro groups is 1. The maximum atomic E-state index is 13.6. The van der Waals surface area contributed by atoms with Crippen molar-refractivity contribution in [1.29, 1.82) is 0 Å². The number of halogens is 2. The van der Waals surface area contributed by atoms with Crippen molar-refractivity contribution < 1.29 is 22.9 Å². The van der Waals surface area contributed by atoms with Gasteiger partial charge in [0, 0.05) is 40.3 Å². The first-order valence-corrected chi connectivity index (χ1v) is 13.6. The van der Waals surface area contributed by atoms with E-state index in [1.54, 1.807) is 39.0 Å². The number of sulfonamides is 1. The lowest BCUT2D eigenvalue weighted by atomic mass is 10.1. The van der Waals surface area contributed by atoms with Crippen LogP contribution in [0.5, 0.6) is 0 Å². The quantitative estimate of drug-likeness (QED) is 0.327. The van der Waals surface area contributed by atoms with Gasteiger partial charge in [-0.1, -0.05) is 42.3 Å². The van der Waals surface area contributed by atoms with Gasteiger partial charge in [-0.05, 0) is 38.5 Å². The maximum Gasteiger partial charge on any atom is 0.271 e. The lowest BCUT2D eigenvalue weighted by Crippen LogP contribution is -2.53. The van der Waals surface area contributed by atoms with Crippen LogP contribution in [-0.2, 0) is 26.2 Å². The van der Waals surface area contributed by atoms with Crippen LogP contribution in [0.1, 0.15) is 32.8 Å². The zero-order chi connectivity index (χ0) is 27.2. The zero-order valence-corrected chi connectivity index (χ0v) is 22.6. The molecule has 13 heteroatoms. The van der Waals surface area contributed by atoms with Crippen LogP contribution in [0, 0.1) is 10.1 Å². The molecule has 0 aliphatic heterocycles. The third kappa shape index (κ3) is 7.55. The van der Waals surface area contributed by atoms with Crippen molar-refractivity contribution in [1.82, 2.24) is 10.2 Å². The van der Waals surface area contributed by atoms with E-state index in [1.807, 2.05) is 0 Å². The minimum Gasteiger partial charge on any atom is -0.352 e. The number of carbonyl (C=O) groups is 2. The zero-order valence-electron chi connectivity index (χ0n) is 20.3. The highest BCUT2D eigenvalue weighted by Crippen LogP contribution is 2.28. The molecule has 36 heavy (non-hydrogen) atoms. The molecule has 196 valence electrons. The van der Waals surface area contributed by atoms with Crippen molar-refractivity contribution in [2.24, 2.45) is 0 Å². The van der Waals surface area contributed by atoms with E-state index in [2.05, 4.69) is 5.32 Å². The Hall–Kier alpha value is -2.89. The minimum absolute atomic E-state index is 0.0598. The van der Waals surface area contributed by atoms with E-state index in [0.717, 1.165) is 16.6 Å². The van der Waals surface area contributed by atoms with E-state index in [4.69, 9.17) is 23.2 Å². The third-order valence-corrected chi connectivity index (χ3v) is 7.06. The van der Waals surface area contributed by atoms with Gasteiger partial charge in [0.15, 0.2) is 0 Å². The number of non-ortho nitro benzene ring substituents is 1. The number of benzene rings is 2. The van der Waals surface area contributed by atoms with Gasteiger partial charge in [-0.15, -0.1) is 0 Å². The summed E-state index contributed by atoms with van der Waals surface area (Å²) in [5.74, 6) is -1.14. The van der Waals surface area contributed by atoms with Gasteiger partial charge in [0.05, 0.1) is 16.9 Å². The lowest BCUT2D eigenvalue weighted by molar-refractivity contribution is -0.384. The molecular formula is C23H28Cl2N4O6S. The molecule has 1 atom stereocenters. The predicted octanol–water partition coefficient (Wildman–Crippen LogP) is 4.00. The summed E-state index contributed by atoms with van der Waals surface area (Å²) in [6.45, 7) is 4.40. The van der Waals surface area contributed by atoms with Gasteiger partial charge in [0.2, 0.25) is 21.8 Å². The molecule has 2 aromatic rings. The van der Waals surface area contributed by atoms with Gasteiger partial charge in [-0.2, -0.15) is 0 Å². The van der Waals surface area contributed by atoms with Crippen LogP contribution in [0.15, 0.2) is 42.5 Å². The SMILES string of the molecule is CCC(C(=O)NC(C)C)N(Cc1c(Cl)cccc1Cl)C(=O)CN(c1cccc([N+](=O)[O-])c1)S(C)(=O)=O. The summed E-state index contributed by atoms with van der Waals surface area (Å²) in [6, 6.07) is 8.59. The number of nitrogens with one attached hydrogen (secondary N) is 1. The second-order valence-electron chi connectivity index (χ2n) is 8.36. The molecule has 2 amide bonds. The molecule has 0 radical (unpaired) electrons. The van der Waals surface area contributed by atoms with E-state index >= 15 is 0 Å². The number of amides is 2. The number of carbonyl (C=O) groups excluding carboxylic acids is 2. The Morgan fingerprint density at radius 3 is 2.19 bits per heavy atom. The first-order chi connectivity index (χ1) is 16.8. The summed E-state index contributed by atoms with van der Waals surface area (Å²) in [6.07, 6.45) is 1.11. The molecule has 0 aromatic heterocycles. The molecule has 0 saturated carbocycles. The monoisotopic (exact) mass is 558 g/mol. The Morgan fingerprint density at radius 1 is 1.11 bits per heavy atom. The molecule has 0 heterocycles. The van der Waals surface area contributed by atoms with E-state index in [-0.39, 0.29) is 40.4 Å². The fraction of sp³-hybridized carbons (Fsp3) is 0.391. The van der Waals surface area contributed by atoms with Gasteiger partial charge in [0.1, 0.15) is 12.6 Å². The third-order valence-electron chi connectivity index (χ3n) is 5.21. The van der Waals surface area contributed by atoms with Crippen molar-refractivity contribution in [3.8, 4) is 0 Å². The first-order valence-electron chi connectivity index (χ1n) is 11.0. The largest absolute Gasteiger partial charge is 0.352 e. The second-order valence-corrected chi connectivity index (χ2v) is 11.1. The molecule has 1 unspecified atom stereocenters. The number of nitro benzene ring substituents is 1. The predicted molar refractivity (Wildman–Crippen MR) is 140 cm³/mol. The molecule has 0 fully saturated rings. The molecular weight excluding hydrogens is 531 g/mol. The average Bonchev–Trinajstić information content (AvgIpc) is 2.77. The highest BCUT2D eigenvalue weighted by Gasteiger charge is 2.33. The summed E-state index contributed by atoms with van der Waals surface area (Å²) < 4.78 is 26.0. The molecule has 0 saturated heterocycles. The summed E-state index contributed by atoms with van der Waals surface area (Å²) in [4.78, 5) is 38.4. The van der Waals surface area contributed by atoms with Crippen molar-refractivity contribution in [3.05, 3.63) is 68.2 Å². The van der Waals surface area contributed by atoms with Crippen LogP contribution in [-0.4, -0.2) is 54.9 Å².